The minimum absolute atomic E-state index is 0.156. The number of aromatic nitrogens is 1. The molecule has 1 heterocycles. The Hall–Kier alpha value is -2.68. The van der Waals surface area contributed by atoms with Crippen molar-refractivity contribution in [3.63, 3.8) is 0 Å². The summed E-state index contributed by atoms with van der Waals surface area (Å²) in [6, 6.07) is -0.875. The molecule has 2 aromatic rings. The lowest BCUT2D eigenvalue weighted by atomic mass is 10.2. The van der Waals surface area contributed by atoms with Crippen LogP contribution in [0.3, 0.4) is 0 Å². The molecule has 0 spiro atoms. The summed E-state index contributed by atoms with van der Waals surface area (Å²) in [6.45, 7) is -0.994. The number of carbonyl (C=O) groups excluding carboxylic acids is 1. The van der Waals surface area contributed by atoms with Gasteiger partial charge in [0.05, 0.1) is 12.2 Å². The topological polar surface area (TPSA) is 80.2 Å². The van der Waals surface area contributed by atoms with Gasteiger partial charge in [0.1, 0.15) is 28.3 Å². The minimum Gasteiger partial charge on any atom is -0.334 e. The zero-order chi connectivity index (χ0) is 23.7. The van der Waals surface area contributed by atoms with Gasteiger partial charge in [0.25, 0.3) is 12.3 Å². The molecule has 0 aliphatic rings. The number of halogens is 8. The highest BCUT2D eigenvalue weighted by atomic mass is 32.2. The Labute approximate surface area is 169 Å². The van der Waals surface area contributed by atoms with E-state index in [0.717, 1.165) is 10.8 Å². The van der Waals surface area contributed by atoms with Gasteiger partial charge in [-0.15, -0.1) is 0 Å². The van der Waals surface area contributed by atoms with E-state index in [9.17, 15) is 48.3 Å². The van der Waals surface area contributed by atoms with Crippen molar-refractivity contribution in [2.24, 2.45) is 0 Å². The molecular formula is C16H13F8N3O3S. The van der Waals surface area contributed by atoms with Crippen molar-refractivity contribution < 1.29 is 48.3 Å². The van der Waals surface area contributed by atoms with Gasteiger partial charge in [0.2, 0.25) is 10.0 Å². The van der Waals surface area contributed by atoms with Gasteiger partial charge in [0, 0.05) is 12.3 Å². The zero-order valence-corrected chi connectivity index (χ0v) is 16.1. The number of nitrogens with zero attached hydrogens (tertiary/aromatic N) is 1. The summed E-state index contributed by atoms with van der Waals surface area (Å²) in [6.07, 6.45) is -8.06. The van der Waals surface area contributed by atoms with Crippen molar-refractivity contribution in [3.8, 4) is 0 Å². The van der Waals surface area contributed by atoms with Gasteiger partial charge in [-0.2, -0.15) is 17.9 Å². The lowest BCUT2D eigenvalue weighted by Crippen LogP contribution is -2.43. The van der Waals surface area contributed by atoms with Crippen molar-refractivity contribution in [2.45, 2.75) is 37.0 Å². The Morgan fingerprint density at radius 2 is 1.77 bits per heavy atom. The minimum atomic E-state index is -5.25. The molecule has 1 amide bonds. The van der Waals surface area contributed by atoms with Crippen LogP contribution in [0, 0.1) is 17.5 Å². The van der Waals surface area contributed by atoms with Gasteiger partial charge in [0.15, 0.2) is 5.82 Å². The normalized spacial score (nSPS) is 13.5. The van der Waals surface area contributed by atoms with E-state index in [-0.39, 0.29) is 10.8 Å². The van der Waals surface area contributed by atoms with Gasteiger partial charge in [-0.25, -0.2) is 30.4 Å². The monoisotopic (exact) mass is 479 g/mol. The molecule has 0 radical (unpaired) electrons. The third-order valence-electron chi connectivity index (χ3n) is 3.83. The Bertz CT molecular complexity index is 1080. The van der Waals surface area contributed by atoms with Crippen LogP contribution in [0.5, 0.6) is 0 Å². The summed E-state index contributed by atoms with van der Waals surface area (Å²) in [5.41, 5.74) is -2.01. The fraction of sp³-hybridized carbons (Fsp3) is 0.312. The van der Waals surface area contributed by atoms with Gasteiger partial charge in [-0.3, -0.25) is 4.79 Å². The first-order valence-corrected chi connectivity index (χ1v) is 9.64. The molecular weight excluding hydrogens is 466 g/mol. The smallest absolute Gasteiger partial charge is 0.334 e. The highest BCUT2D eigenvalue weighted by Crippen LogP contribution is 2.26. The van der Waals surface area contributed by atoms with Crippen LogP contribution >= 0.6 is 0 Å². The van der Waals surface area contributed by atoms with Crippen LogP contribution in [0.1, 0.15) is 17.4 Å². The average molecular weight is 479 g/mol. The first-order valence-electron chi connectivity index (χ1n) is 8.15. The average Bonchev–Trinajstić information content (AvgIpc) is 2.92. The Kier molecular flexibility index (Phi) is 7.00. The lowest BCUT2D eigenvalue weighted by Gasteiger charge is -2.16. The second-order valence-electron chi connectivity index (χ2n) is 6.16. The van der Waals surface area contributed by atoms with E-state index in [0.29, 0.717) is 19.1 Å². The van der Waals surface area contributed by atoms with Crippen molar-refractivity contribution in [1.82, 2.24) is 9.29 Å². The number of benzene rings is 1. The molecule has 1 atom stereocenters. The van der Waals surface area contributed by atoms with Crippen molar-refractivity contribution in [3.05, 3.63) is 47.5 Å². The summed E-state index contributed by atoms with van der Waals surface area (Å²) in [4.78, 5) is 10.8. The van der Waals surface area contributed by atoms with Crippen LogP contribution in [0.4, 0.5) is 40.8 Å². The molecule has 31 heavy (non-hydrogen) atoms. The fourth-order valence-electron chi connectivity index (χ4n) is 2.35. The maximum Gasteiger partial charge on any atom is 0.404 e. The number of anilines is 1. The van der Waals surface area contributed by atoms with E-state index in [1.165, 1.54) is 0 Å². The molecule has 2 N–H and O–H groups in total. The van der Waals surface area contributed by atoms with Crippen LogP contribution < -0.4 is 10.0 Å². The van der Waals surface area contributed by atoms with Gasteiger partial charge >= 0.3 is 6.18 Å². The van der Waals surface area contributed by atoms with Crippen LogP contribution in [0.15, 0.2) is 29.3 Å². The number of alkyl halides is 5. The van der Waals surface area contributed by atoms with E-state index in [1.54, 1.807) is 5.32 Å². The molecule has 0 aliphatic heterocycles. The van der Waals surface area contributed by atoms with E-state index < -0.39 is 74.8 Å². The molecule has 0 fully saturated rings. The molecule has 172 valence electrons. The van der Waals surface area contributed by atoms with E-state index in [2.05, 4.69) is 0 Å². The Morgan fingerprint density at radius 3 is 2.29 bits per heavy atom. The van der Waals surface area contributed by atoms with Crippen molar-refractivity contribution in [1.29, 1.82) is 0 Å². The van der Waals surface area contributed by atoms with Crippen LogP contribution in [-0.4, -0.2) is 37.5 Å². The molecule has 0 saturated carbocycles. The molecule has 2 rings (SSSR count). The van der Waals surface area contributed by atoms with Gasteiger partial charge in [-0.05, 0) is 19.1 Å². The summed E-state index contributed by atoms with van der Waals surface area (Å²) in [5.74, 6) is -5.88. The van der Waals surface area contributed by atoms with Crippen LogP contribution in [0.2, 0.25) is 0 Å². The highest BCUT2D eigenvalue weighted by molar-refractivity contribution is 7.89. The summed E-state index contributed by atoms with van der Waals surface area (Å²) in [7, 11) is -5.25. The molecule has 15 heteroatoms. The largest absolute Gasteiger partial charge is 0.404 e. The molecule has 0 aliphatic carbocycles. The highest BCUT2D eigenvalue weighted by Gasteiger charge is 2.40. The second kappa shape index (κ2) is 8.82. The van der Waals surface area contributed by atoms with Crippen LogP contribution in [0.25, 0.3) is 0 Å². The van der Waals surface area contributed by atoms with E-state index >= 15 is 0 Å². The number of rotatable bonds is 7. The standard InChI is InChI=1S/C16H13F8N3O3S/c1-7(16(22,23)24)26-31(29,30)11-5-27(6-12(19)20)14(13(11)21)15(28)25-10-3-2-8(17)4-9(10)18/h2-5,7,12,26H,6H2,1H3,(H,25,28)/t7-/m1/s1. The first kappa shape index (κ1) is 24.6. The molecule has 0 unspecified atom stereocenters. The molecule has 1 aromatic carbocycles. The number of sulfonamides is 1. The molecule has 0 bridgehead atoms. The quantitative estimate of drug-likeness (QED) is 0.596. The maximum atomic E-state index is 14.7. The van der Waals surface area contributed by atoms with Crippen LogP contribution in [-0.2, 0) is 16.6 Å². The maximum absolute atomic E-state index is 14.7. The second-order valence-corrected chi connectivity index (χ2v) is 7.84. The number of nitrogens with one attached hydrogen (secondary N) is 2. The third-order valence-corrected chi connectivity index (χ3v) is 5.35. The zero-order valence-electron chi connectivity index (χ0n) is 15.3. The molecule has 1 aromatic heterocycles. The van der Waals surface area contributed by atoms with Crippen molar-refractivity contribution in [2.75, 3.05) is 5.32 Å². The number of amides is 1. The lowest BCUT2D eigenvalue weighted by molar-refractivity contribution is -0.147. The number of carbonyl (C=O) groups is 1. The number of hydrogen-bond acceptors (Lipinski definition) is 3. The van der Waals surface area contributed by atoms with E-state index in [1.807, 2.05) is 0 Å². The SMILES string of the molecule is C[C@@H](NS(=O)(=O)c1cn(CC(F)F)c(C(=O)Nc2ccc(F)cc2F)c1F)C(F)(F)F. The summed E-state index contributed by atoms with van der Waals surface area (Å²) in [5, 5.41) is 1.76. The fourth-order valence-corrected chi connectivity index (χ4v) is 3.68. The van der Waals surface area contributed by atoms with Crippen molar-refractivity contribution >= 4 is 21.6 Å². The Balaban J connectivity index is 2.49. The number of hydrogen-bond donors (Lipinski definition) is 2. The predicted octanol–water partition coefficient (Wildman–Crippen LogP) is 3.65. The summed E-state index contributed by atoms with van der Waals surface area (Å²) >= 11 is 0. The van der Waals surface area contributed by atoms with E-state index in [4.69, 9.17) is 0 Å². The first-order chi connectivity index (χ1) is 14.1. The third kappa shape index (κ3) is 5.72. The molecule has 0 saturated heterocycles. The Morgan fingerprint density at radius 1 is 1.16 bits per heavy atom. The van der Waals surface area contributed by atoms with Gasteiger partial charge in [-0.1, -0.05) is 0 Å². The molecule has 6 nitrogen and oxygen atoms in total. The predicted molar refractivity (Wildman–Crippen MR) is 90.5 cm³/mol. The van der Waals surface area contributed by atoms with Gasteiger partial charge < -0.3 is 9.88 Å². The summed E-state index contributed by atoms with van der Waals surface area (Å²) < 4.78 is 130.